The fraction of sp³-hybridized carbons (Fsp3) is 0.208. The van der Waals surface area contributed by atoms with E-state index < -0.39 is 10.1 Å². The lowest BCUT2D eigenvalue weighted by molar-refractivity contribution is -0.633. The summed E-state index contributed by atoms with van der Waals surface area (Å²) in [6.45, 7) is 6.25. The molecule has 2 N–H and O–H groups in total. The van der Waals surface area contributed by atoms with Crippen molar-refractivity contribution in [1.29, 1.82) is 0 Å². The zero-order valence-corrected chi connectivity index (χ0v) is 41.7. The lowest BCUT2D eigenvalue weighted by Gasteiger charge is -2.05. The van der Waals surface area contributed by atoms with Gasteiger partial charge >= 0.3 is 0 Å². The molecule has 13 nitrogen and oxygen atoms in total. The first-order chi connectivity index (χ1) is 33.3. The van der Waals surface area contributed by atoms with E-state index in [9.17, 15) is 22.6 Å². The molecule has 0 aliphatic rings. The van der Waals surface area contributed by atoms with Crippen LogP contribution in [0.5, 0.6) is 0 Å². The Bertz CT molecular complexity index is 3040. The van der Waals surface area contributed by atoms with Gasteiger partial charge in [0.05, 0.1) is 31.4 Å². The van der Waals surface area contributed by atoms with Crippen molar-refractivity contribution in [1.82, 2.24) is 19.7 Å². The van der Waals surface area contributed by atoms with Crippen LogP contribution < -0.4 is 20.0 Å². The summed E-state index contributed by atoms with van der Waals surface area (Å²) < 4.78 is 39.9. The number of carbonyl (C=O) groups is 2. The van der Waals surface area contributed by atoms with Crippen LogP contribution in [0.2, 0.25) is 0 Å². The first-order valence-corrected chi connectivity index (χ1v) is 26.0. The summed E-state index contributed by atoms with van der Waals surface area (Å²) >= 11 is 3.78. The normalized spacial score (nSPS) is 11.6. The molecule has 0 unspecified atom stereocenters. The van der Waals surface area contributed by atoms with Crippen molar-refractivity contribution in [3.63, 3.8) is 0 Å². The SMILES string of the molecule is CCCCSc1ccc2n(c1)cc(-c1ccc(/C=N/NC(=O)c3ccc(C(=O)N/N=C/c4ccc(-c5cn6cc(SCCCC)ccc6[n+]5C)cc4)cc3)cc1)[n+]2C.Cc1ccc(S(=O)(=O)[O-])cc1. The standard InChI is InChI=1S/C46H46N8O2S2.C7H8O3S/c1-5-7-25-57-39-21-23-43-51(3)41(31-53(43)29-39)35-13-9-33(10-14-35)27-47-49-45(55)37-17-19-38(20-18-37)46(56)50-48-28-34-11-15-36(16-12-34)42-32-54-30-40(58-26-8-6-2)22-24-44(54)52(42)4;1-6-2-4-7(5-3-6)11(8,9)10/h9-24,27-32H,5-8,25-26H2,1-4H3;2-5H,1H3,(H,8,9,10)/p+1/b47-27+,48-28+;. The van der Waals surface area contributed by atoms with Gasteiger partial charge < -0.3 is 4.55 Å². The topological polar surface area (TPSA) is 157 Å². The molecule has 0 radical (unpaired) electrons. The molecule has 0 saturated heterocycles. The Morgan fingerprint density at radius 1 is 0.594 bits per heavy atom. The van der Waals surface area contributed by atoms with Gasteiger partial charge in [-0.3, -0.25) is 9.59 Å². The number of nitrogens with one attached hydrogen (secondary N) is 2. The van der Waals surface area contributed by atoms with Crippen molar-refractivity contribution in [3.05, 3.63) is 174 Å². The lowest BCUT2D eigenvalue weighted by atomic mass is 10.1. The molecule has 2 amide bonds. The van der Waals surface area contributed by atoms with Gasteiger partial charge in [0.2, 0.25) is 0 Å². The predicted molar refractivity (Wildman–Crippen MR) is 275 cm³/mol. The molecule has 0 aliphatic carbocycles. The predicted octanol–water partition coefficient (Wildman–Crippen LogP) is 9.39. The minimum Gasteiger partial charge on any atom is -0.744 e. The van der Waals surface area contributed by atoms with Crippen LogP contribution in [0.3, 0.4) is 0 Å². The molecule has 16 heteroatoms. The number of hydrogen-bond donors (Lipinski definition) is 2. The van der Waals surface area contributed by atoms with E-state index in [0.717, 1.165) is 62.0 Å². The molecule has 8 rings (SSSR count). The van der Waals surface area contributed by atoms with Crippen LogP contribution in [-0.2, 0) is 24.2 Å². The van der Waals surface area contributed by atoms with E-state index in [1.54, 1.807) is 48.8 Å². The second-order valence-corrected chi connectivity index (χ2v) is 20.0. The average molecular weight is 980 g/mol. The Kier molecular flexibility index (Phi) is 17.0. The summed E-state index contributed by atoms with van der Waals surface area (Å²) in [6.07, 6.45) is 16.7. The number of fused-ring (bicyclic) bond motifs is 2. The monoisotopic (exact) mass is 979 g/mol. The van der Waals surface area contributed by atoms with Gasteiger partial charge in [-0.2, -0.15) is 10.2 Å². The number of aromatic nitrogens is 4. The first kappa shape index (κ1) is 50.0. The van der Waals surface area contributed by atoms with Crippen molar-refractivity contribution < 1.29 is 31.7 Å². The summed E-state index contributed by atoms with van der Waals surface area (Å²) in [5.41, 5.74) is 15.1. The molecule has 4 aromatic carbocycles. The van der Waals surface area contributed by atoms with Gasteiger partial charge in [0.15, 0.2) is 11.4 Å². The quantitative estimate of drug-likeness (QED) is 0.0230. The van der Waals surface area contributed by atoms with Crippen LogP contribution in [0.1, 0.15) is 76.9 Å². The minimum atomic E-state index is -4.27. The third-order valence-electron chi connectivity index (χ3n) is 11.2. The third kappa shape index (κ3) is 13.2. The van der Waals surface area contributed by atoms with E-state index in [-0.39, 0.29) is 16.7 Å². The maximum atomic E-state index is 12.8. The van der Waals surface area contributed by atoms with Crippen molar-refractivity contribution in [2.24, 2.45) is 24.3 Å². The highest BCUT2D eigenvalue weighted by atomic mass is 32.2. The van der Waals surface area contributed by atoms with Crippen LogP contribution in [0, 0.1) is 6.92 Å². The summed E-state index contributed by atoms with van der Waals surface area (Å²) in [5, 5.41) is 8.31. The van der Waals surface area contributed by atoms with Crippen molar-refractivity contribution >= 4 is 69.2 Å². The molecular weight excluding hydrogens is 925 g/mol. The number of amides is 2. The minimum absolute atomic E-state index is 0.178. The lowest BCUT2D eigenvalue weighted by Crippen LogP contribution is -2.29. The third-order valence-corrected chi connectivity index (χ3v) is 14.2. The molecule has 4 aromatic heterocycles. The Balaban J connectivity index is 0.000000563. The molecule has 69 heavy (non-hydrogen) atoms. The summed E-state index contributed by atoms with van der Waals surface area (Å²) in [4.78, 5) is 27.9. The number of unbranched alkanes of at least 4 members (excludes halogenated alkanes) is 2. The molecule has 354 valence electrons. The number of hydrazone groups is 2. The molecule has 0 atom stereocenters. The molecule has 4 heterocycles. The number of aryl methyl sites for hydroxylation is 3. The Morgan fingerprint density at radius 2 is 1.00 bits per heavy atom. The molecule has 8 aromatic rings. The van der Waals surface area contributed by atoms with Crippen LogP contribution in [0.15, 0.2) is 171 Å². The number of nitrogens with zero attached hydrogens (tertiary/aromatic N) is 6. The number of rotatable bonds is 17. The maximum Gasteiger partial charge on any atom is 0.286 e. The Labute approximate surface area is 411 Å². The fourth-order valence-corrected chi connectivity index (χ4v) is 9.74. The maximum absolute atomic E-state index is 12.8. The molecule has 0 spiro atoms. The number of carbonyl (C=O) groups excluding carboxylic acids is 2. The summed E-state index contributed by atoms with van der Waals surface area (Å²) in [6, 6.07) is 36.9. The first-order valence-electron chi connectivity index (χ1n) is 22.6. The smallest absolute Gasteiger partial charge is 0.286 e. The van der Waals surface area contributed by atoms with Gasteiger partial charge in [0, 0.05) is 44.2 Å². The zero-order valence-electron chi connectivity index (χ0n) is 39.2. The molecule has 0 aliphatic heterocycles. The average Bonchev–Trinajstić information content (AvgIpc) is 3.86. The Hall–Kier alpha value is -6.85. The number of benzene rings is 4. The molecule has 0 fully saturated rings. The van der Waals surface area contributed by atoms with Crippen LogP contribution in [-0.4, -0.2) is 57.5 Å². The van der Waals surface area contributed by atoms with E-state index in [2.05, 4.69) is 116 Å². The van der Waals surface area contributed by atoms with E-state index in [4.69, 9.17) is 0 Å². The van der Waals surface area contributed by atoms with Gasteiger partial charge in [-0.05, 0) is 115 Å². The largest absolute Gasteiger partial charge is 0.744 e. The second kappa shape index (κ2) is 23.4. The molecule has 0 bridgehead atoms. The summed E-state index contributed by atoms with van der Waals surface area (Å²) in [5.74, 6) is 1.49. The highest BCUT2D eigenvalue weighted by molar-refractivity contribution is 7.99. The number of hydrogen-bond acceptors (Lipinski definition) is 9. The highest BCUT2D eigenvalue weighted by Crippen LogP contribution is 2.25. The molecular formula is C53H55N8O5S3+. The highest BCUT2D eigenvalue weighted by Gasteiger charge is 2.18. The van der Waals surface area contributed by atoms with E-state index >= 15 is 0 Å². The van der Waals surface area contributed by atoms with E-state index in [0.29, 0.717) is 11.1 Å². The van der Waals surface area contributed by atoms with Crippen LogP contribution >= 0.6 is 23.5 Å². The van der Waals surface area contributed by atoms with Crippen LogP contribution in [0.25, 0.3) is 33.8 Å². The van der Waals surface area contributed by atoms with Gasteiger partial charge in [-0.15, -0.1) is 23.5 Å². The number of pyridine rings is 2. The van der Waals surface area contributed by atoms with Gasteiger partial charge in [0.1, 0.15) is 34.9 Å². The van der Waals surface area contributed by atoms with E-state index in [1.165, 1.54) is 47.6 Å². The second-order valence-electron chi connectivity index (χ2n) is 16.3. The van der Waals surface area contributed by atoms with Crippen molar-refractivity contribution in [2.75, 3.05) is 11.5 Å². The van der Waals surface area contributed by atoms with Gasteiger partial charge in [-0.25, -0.2) is 37.2 Å². The van der Waals surface area contributed by atoms with Gasteiger partial charge in [0.25, 0.3) is 23.1 Å². The Morgan fingerprint density at radius 3 is 1.38 bits per heavy atom. The zero-order chi connectivity index (χ0) is 48.9. The van der Waals surface area contributed by atoms with Crippen molar-refractivity contribution in [2.45, 2.75) is 61.1 Å². The van der Waals surface area contributed by atoms with Crippen molar-refractivity contribution in [3.8, 4) is 22.5 Å². The van der Waals surface area contributed by atoms with E-state index in [1.807, 2.05) is 79.0 Å². The fourth-order valence-electron chi connectivity index (χ4n) is 7.23. The van der Waals surface area contributed by atoms with Gasteiger partial charge in [-0.1, -0.05) is 68.7 Å². The van der Waals surface area contributed by atoms with Crippen LogP contribution in [0.4, 0.5) is 0 Å². The number of imidazole rings is 2. The molecule has 0 saturated carbocycles. The number of thioether (sulfide) groups is 2. The summed E-state index contributed by atoms with van der Waals surface area (Å²) in [7, 11) is -0.126.